The Hall–Kier alpha value is -1.85. The largest absolute Gasteiger partial charge is 0.507 e. The molecule has 29 heavy (non-hydrogen) atoms. The lowest BCUT2D eigenvalue weighted by Gasteiger charge is -2.46. The highest BCUT2D eigenvalue weighted by Gasteiger charge is 2.37. The van der Waals surface area contributed by atoms with Crippen molar-refractivity contribution >= 4 is 11.0 Å². The molecular weight excluding hydrogens is 364 g/mol. The van der Waals surface area contributed by atoms with E-state index in [-0.39, 0.29) is 22.5 Å². The van der Waals surface area contributed by atoms with Crippen molar-refractivity contribution in [2.45, 2.75) is 96.8 Å². The molecule has 0 atom stereocenters. The molecular formula is C24H34N2O3. The van der Waals surface area contributed by atoms with Gasteiger partial charge in [-0.3, -0.25) is 0 Å². The van der Waals surface area contributed by atoms with E-state index in [0.29, 0.717) is 23.7 Å². The van der Waals surface area contributed by atoms with E-state index < -0.39 is 0 Å². The number of benzene rings is 1. The number of nitrogens with one attached hydrogen (secondary N) is 2. The highest BCUT2D eigenvalue weighted by atomic mass is 16.4. The van der Waals surface area contributed by atoms with Gasteiger partial charge in [-0.05, 0) is 84.8 Å². The van der Waals surface area contributed by atoms with Gasteiger partial charge in [0.2, 0.25) is 0 Å². The zero-order chi connectivity index (χ0) is 21.0. The maximum Gasteiger partial charge on any atom is 0.339 e. The van der Waals surface area contributed by atoms with Gasteiger partial charge in [0.15, 0.2) is 0 Å². The quantitative estimate of drug-likeness (QED) is 0.679. The molecule has 2 aliphatic rings. The van der Waals surface area contributed by atoms with Gasteiger partial charge in [-0.1, -0.05) is 0 Å². The van der Waals surface area contributed by atoms with Gasteiger partial charge in [0, 0.05) is 45.7 Å². The third kappa shape index (κ3) is 3.95. The van der Waals surface area contributed by atoms with Crippen molar-refractivity contribution in [3.63, 3.8) is 0 Å². The predicted molar refractivity (Wildman–Crippen MR) is 117 cm³/mol. The van der Waals surface area contributed by atoms with Crippen molar-refractivity contribution < 1.29 is 9.52 Å². The van der Waals surface area contributed by atoms with Gasteiger partial charge >= 0.3 is 5.63 Å². The molecule has 3 N–H and O–H groups in total. The van der Waals surface area contributed by atoms with Crippen molar-refractivity contribution in [3.05, 3.63) is 38.7 Å². The molecule has 5 nitrogen and oxygen atoms in total. The van der Waals surface area contributed by atoms with Gasteiger partial charge < -0.3 is 20.2 Å². The first-order chi connectivity index (χ1) is 13.6. The van der Waals surface area contributed by atoms with E-state index in [9.17, 15) is 9.90 Å². The molecule has 0 unspecified atom stereocenters. The predicted octanol–water partition coefficient (Wildman–Crippen LogP) is 4.08. The molecule has 0 amide bonds. The first-order valence-corrected chi connectivity index (χ1v) is 10.9. The second-order valence-electron chi connectivity index (χ2n) is 10.3. The Balaban J connectivity index is 1.67. The molecule has 1 fully saturated rings. The van der Waals surface area contributed by atoms with Crippen molar-refractivity contribution in [2.24, 2.45) is 0 Å². The zero-order valence-corrected chi connectivity index (χ0v) is 18.4. The minimum absolute atomic E-state index is 0.0727. The smallest absolute Gasteiger partial charge is 0.339 e. The Morgan fingerprint density at radius 1 is 1.14 bits per heavy atom. The van der Waals surface area contributed by atoms with Crippen LogP contribution in [0, 0.1) is 6.92 Å². The van der Waals surface area contributed by atoms with Crippen LogP contribution in [0.15, 0.2) is 15.3 Å². The number of fused-ring (bicyclic) bond motifs is 3. The van der Waals surface area contributed by atoms with Crippen molar-refractivity contribution in [2.75, 3.05) is 0 Å². The van der Waals surface area contributed by atoms with Crippen LogP contribution < -0.4 is 16.3 Å². The SMILES string of the molecule is Cc1c(O)c(CNC2CC(C)(C)NC(C)(C)C2)cc2c3c(c(=O)oc12)CCCC3. The summed E-state index contributed by atoms with van der Waals surface area (Å²) < 4.78 is 5.63. The molecule has 1 aromatic heterocycles. The third-order valence-corrected chi connectivity index (χ3v) is 6.57. The van der Waals surface area contributed by atoms with Crippen LogP contribution in [-0.4, -0.2) is 22.2 Å². The molecule has 1 aromatic carbocycles. The third-order valence-electron chi connectivity index (χ3n) is 6.57. The zero-order valence-electron chi connectivity index (χ0n) is 18.4. The minimum atomic E-state index is -0.236. The lowest BCUT2D eigenvalue weighted by Crippen LogP contribution is -2.61. The van der Waals surface area contributed by atoms with Crippen molar-refractivity contribution in [1.29, 1.82) is 0 Å². The number of rotatable bonds is 3. The Labute approximate surface area is 172 Å². The molecule has 2 heterocycles. The molecule has 2 aromatic rings. The molecule has 0 saturated carbocycles. The normalized spacial score (nSPS) is 21.3. The van der Waals surface area contributed by atoms with Crippen LogP contribution >= 0.6 is 0 Å². The van der Waals surface area contributed by atoms with E-state index in [2.05, 4.69) is 38.3 Å². The number of phenols is 1. The van der Waals surface area contributed by atoms with Crippen LogP contribution in [0.3, 0.4) is 0 Å². The first kappa shape index (κ1) is 20.4. The summed E-state index contributed by atoms with van der Waals surface area (Å²) in [6, 6.07) is 2.41. The fraction of sp³-hybridized carbons (Fsp3) is 0.625. The first-order valence-electron chi connectivity index (χ1n) is 10.9. The van der Waals surface area contributed by atoms with E-state index in [1.165, 1.54) is 0 Å². The lowest BCUT2D eigenvalue weighted by atomic mass is 9.79. The summed E-state index contributed by atoms with van der Waals surface area (Å²) in [5.41, 5.74) is 3.94. The average molecular weight is 399 g/mol. The average Bonchev–Trinajstić information content (AvgIpc) is 2.62. The van der Waals surface area contributed by atoms with Gasteiger partial charge in [0.05, 0.1) is 0 Å². The number of aryl methyl sites for hydroxylation is 2. The van der Waals surface area contributed by atoms with Crippen LogP contribution in [0.5, 0.6) is 5.75 Å². The maximum atomic E-state index is 12.4. The molecule has 1 aliphatic heterocycles. The summed E-state index contributed by atoms with van der Waals surface area (Å²) in [4.78, 5) is 12.4. The summed E-state index contributed by atoms with van der Waals surface area (Å²) in [6.07, 6.45) is 5.90. The van der Waals surface area contributed by atoms with Crippen LogP contribution in [0.2, 0.25) is 0 Å². The van der Waals surface area contributed by atoms with E-state index in [1.807, 2.05) is 13.0 Å². The second-order valence-corrected chi connectivity index (χ2v) is 10.3. The van der Waals surface area contributed by atoms with Gasteiger partial charge in [-0.25, -0.2) is 4.79 Å². The van der Waals surface area contributed by atoms with Crippen LogP contribution in [-0.2, 0) is 19.4 Å². The molecule has 0 radical (unpaired) electrons. The lowest BCUT2D eigenvalue weighted by molar-refractivity contribution is 0.145. The molecule has 4 rings (SSSR count). The highest BCUT2D eigenvalue weighted by Crippen LogP contribution is 2.35. The summed E-state index contributed by atoms with van der Waals surface area (Å²) >= 11 is 0. The van der Waals surface area contributed by atoms with E-state index in [1.54, 1.807) is 0 Å². The standard InChI is InChI=1S/C24H34N2O3/c1-14-20(27)15(13-25-16-11-23(2,3)26-24(4,5)12-16)10-19-17-8-6-7-9-18(17)22(28)29-21(14)19/h10,16,25-27H,6-9,11-13H2,1-5H3. The van der Waals surface area contributed by atoms with Gasteiger partial charge in [-0.15, -0.1) is 0 Å². The Kier molecular flexibility index (Phi) is 5.02. The van der Waals surface area contributed by atoms with Gasteiger partial charge in [0.1, 0.15) is 11.3 Å². The molecule has 1 aliphatic carbocycles. The number of hydrogen-bond donors (Lipinski definition) is 3. The van der Waals surface area contributed by atoms with Gasteiger partial charge in [0.25, 0.3) is 0 Å². The fourth-order valence-corrected chi connectivity index (χ4v) is 5.65. The number of aromatic hydroxyl groups is 1. The highest BCUT2D eigenvalue weighted by molar-refractivity contribution is 5.87. The Morgan fingerprint density at radius 3 is 2.41 bits per heavy atom. The minimum Gasteiger partial charge on any atom is -0.507 e. The molecule has 5 heteroatoms. The molecule has 0 spiro atoms. The molecule has 0 bridgehead atoms. The van der Waals surface area contributed by atoms with Crippen LogP contribution in [0.4, 0.5) is 0 Å². The number of hydrogen-bond acceptors (Lipinski definition) is 5. The van der Waals surface area contributed by atoms with Crippen LogP contribution in [0.1, 0.15) is 75.6 Å². The van der Waals surface area contributed by atoms with E-state index in [4.69, 9.17) is 4.42 Å². The van der Waals surface area contributed by atoms with E-state index in [0.717, 1.165) is 60.6 Å². The second kappa shape index (κ2) is 7.13. The molecule has 1 saturated heterocycles. The van der Waals surface area contributed by atoms with Gasteiger partial charge in [-0.2, -0.15) is 0 Å². The maximum absolute atomic E-state index is 12.4. The van der Waals surface area contributed by atoms with Crippen molar-refractivity contribution in [1.82, 2.24) is 10.6 Å². The summed E-state index contributed by atoms with van der Waals surface area (Å²) in [5.74, 6) is 0.233. The Morgan fingerprint density at radius 2 is 1.76 bits per heavy atom. The monoisotopic (exact) mass is 398 g/mol. The fourth-order valence-electron chi connectivity index (χ4n) is 5.65. The van der Waals surface area contributed by atoms with Crippen LogP contribution in [0.25, 0.3) is 11.0 Å². The van der Waals surface area contributed by atoms with E-state index >= 15 is 0 Å². The summed E-state index contributed by atoms with van der Waals surface area (Å²) in [7, 11) is 0. The molecule has 158 valence electrons. The Bertz CT molecular complexity index is 988. The number of piperidine rings is 1. The summed E-state index contributed by atoms with van der Waals surface area (Å²) in [5, 5.41) is 19.2. The summed E-state index contributed by atoms with van der Waals surface area (Å²) in [6.45, 7) is 11.4. The topological polar surface area (TPSA) is 74.5 Å². The number of phenolic OH excluding ortho intramolecular Hbond substituents is 1. The van der Waals surface area contributed by atoms with Crippen molar-refractivity contribution in [3.8, 4) is 5.75 Å².